The molecule has 2 rings (SSSR count). The summed E-state index contributed by atoms with van der Waals surface area (Å²) in [6.07, 6.45) is -4.73. The van der Waals surface area contributed by atoms with Crippen molar-refractivity contribution in [3.63, 3.8) is 0 Å². The first-order valence-corrected chi connectivity index (χ1v) is 5.55. The third-order valence-electron chi connectivity index (χ3n) is 2.53. The van der Waals surface area contributed by atoms with Crippen molar-refractivity contribution >= 4 is 5.97 Å². The molecule has 0 unspecified atom stereocenters. The van der Waals surface area contributed by atoms with Crippen molar-refractivity contribution in [3.05, 3.63) is 54.1 Å². The predicted molar refractivity (Wildman–Crippen MR) is 65.5 cm³/mol. The number of carbonyl (C=O) groups is 1. The van der Waals surface area contributed by atoms with Crippen molar-refractivity contribution in [2.45, 2.75) is 6.36 Å². The van der Waals surface area contributed by atoms with Gasteiger partial charge in [-0.25, -0.2) is 4.79 Å². The number of hydrogen-bond donors (Lipinski definition) is 1. The first-order valence-electron chi connectivity index (χ1n) is 5.55. The Morgan fingerprint density at radius 3 is 2.20 bits per heavy atom. The van der Waals surface area contributed by atoms with Crippen molar-refractivity contribution in [2.24, 2.45) is 0 Å². The van der Waals surface area contributed by atoms with Crippen molar-refractivity contribution in [1.29, 1.82) is 0 Å². The van der Waals surface area contributed by atoms with Crippen LogP contribution in [0.5, 0.6) is 5.75 Å². The van der Waals surface area contributed by atoms with E-state index in [1.807, 2.05) is 0 Å². The number of halogens is 3. The van der Waals surface area contributed by atoms with Gasteiger partial charge in [0.1, 0.15) is 5.75 Å². The number of rotatable bonds is 3. The van der Waals surface area contributed by atoms with Crippen LogP contribution in [0.25, 0.3) is 11.1 Å². The maximum Gasteiger partial charge on any atom is 0.573 e. The number of carboxylic acids is 1. The van der Waals surface area contributed by atoms with Crippen molar-refractivity contribution in [2.75, 3.05) is 0 Å². The van der Waals surface area contributed by atoms with E-state index in [1.54, 1.807) is 12.1 Å². The quantitative estimate of drug-likeness (QED) is 0.927. The van der Waals surface area contributed by atoms with E-state index in [1.165, 1.54) is 36.4 Å². The summed E-state index contributed by atoms with van der Waals surface area (Å²) in [7, 11) is 0. The van der Waals surface area contributed by atoms with E-state index in [0.29, 0.717) is 11.1 Å². The van der Waals surface area contributed by atoms with Crippen molar-refractivity contribution in [1.82, 2.24) is 0 Å². The zero-order valence-corrected chi connectivity index (χ0v) is 10.0. The van der Waals surface area contributed by atoms with Gasteiger partial charge in [0.2, 0.25) is 0 Å². The summed E-state index contributed by atoms with van der Waals surface area (Å²) in [4.78, 5) is 10.9. The molecule has 0 saturated carbocycles. The minimum atomic E-state index is -4.73. The smallest absolute Gasteiger partial charge is 0.478 e. The molecule has 0 atom stereocenters. The average molecular weight is 282 g/mol. The Labute approximate surface area is 112 Å². The molecule has 0 bridgehead atoms. The minimum Gasteiger partial charge on any atom is -0.478 e. The van der Waals surface area contributed by atoms with E-state index >= 15 is 0 Å². The fourth-order valence-electron chi connectivity index (χ4n) is 1.68. The van der Waals surface area contributed by atoms with Crippen LogP contribution in [-0.4, -0.2) is 17.4 Å². The fraction of sp³-hybridized carbons (Fsp3) is 0.0714. The Bertz CT molecular complexity index is 618. The van der Waals surface area contributed by atoms with Gasteiger partial charge in [0, 0.05) is 0 Å². The molecular formula is C14H9F3O3. The molecule has 20 heavy (non-hydrogen) atoms. The molecule has 1 N–H and O–H groups in total. The molecule has 0 heterocycles. The van der Waals surface area contributed by atoms with Gasteiger partial charge < -0.3 is 9.84 Å². The van der Waals surface area contributed by atoms with Gasteiger partial charge >= 0.3 is 12.3 Å². The zero-order valence-electron chi connectivity index (χ0n) is 10.0. The number of ether oxygens (including phenoxy) is 1. The molecule has 0 aliphatic heterocycles. The predicted octanol–water partition coefficient (Wildman–Crippen LogP) is 3.95. The highest BCUT2D eigenvalue weighted by atomic mass is 19.4. The maximum atomic E-state index is 12.0. The van der Waals surface area contributed by atoms with Gasteiger partial charge in [0.25, 0.3) is 0 Å². The Morgan fingerprint density at radius 1 is 1.00 bits per heavy atom. The fourth-order valence-corrected chi connectivity index (χ4v) is 1.68. The number of benzene rings is 2. The van der Waals surface area contributed by atoms with Gasteiger partial charge in [0.05, 0.1) is 5.56 Å². The lowest BCUT2D eigenvalue weighted by molar-refractivity contribution is -0.274. The van der Waals surface area contributed by atoms with E-state index in [0.717, 1.165) is 0 Å². The van der Waals surface area contributed by atoms with E-state index in [-0.39, 0.29) is 11.3 Å². The lowest BCUT2D eigenvalue weighted by atomic mass is 10.0. The molecule has 0 saturated heterocycles. The Morgan fingerprint density at radius 2 is 1.65 bits per heavy atom. The number of carboxylic acid groups (broad SMARTS) is 1. The molecule has 2 aromatic rings. The SMILES string of the molecule is O=C(O)c1cccc(-c2ccc(OC(F)(F)F)cc2)c1. The van der Waals surface area contributed by atoms with E-state index in [4.69, 9.17) is 5.11 Å². The van der Waals surface area contributed by atoms with E-state index < -0.39 is 12.3 Å². The van der Waals surface area contributed by atoms with Crippen LogP contribution >= 0.6 is 0 Å². The van der Waals surface area contributed by atoms with Gasteiger partial charge in [-0.2, -0.15) is 0 Å². The van der Waals surface area contributed by atoms with Gasteiger partial charge in [-0.15, -0.1) is 13.2 Å². The van der Waals surface area contributed by atoms with Crippen LogP contribution in [0, 0.1) is 0 Å². The van der Waals surface area contributed by atoms with E-state index in [2.05, 4.69) is 4.74 Å². The van der Waals surface area contributed by atoms with Crippen molar-refractivity contribution < 1.29 is 27.8 Å². The molecule has 2 aromatic carbocycles. The highest BCUT2D eigenvalue weighted by Crippen LogP contribution is 2.26. The maximum absolute atomic E-state index is 12.0. The first-order chi connectivity index (χ1) is 9.35. The molecule has 0 spiro atoms. The topological polar surface area (TPSA) is 46.5 Å². The summed E-state index contributed by atoms with van der Waals surface area (Å²) < 4.78 is 39.8. The second-order valence-corrected chi connectivity index (χ2v) is 3.96. The third kappa shape index (κ3) is 3.50. The normalized spacial score (nSPS) is 11.2. The lowest BCUT2D eigenvalue weighted by Crippen LogP contribution is -2.16. The average Bonchev–Trinajstić information content (AvgIpc) is 2.38. The van der Waals surface area contributed by atoms with Crippen LogP contribution in [0.1, 0.15) is 10.4 Å². The molecule has 0 radical (unpaired) electrons. The number of hydrogen-bond acceptors (Lipinski definition) is 2. The van der Waals surface area contributed by atoms with Crippen LogP contribution in [0.2, 0.25) is 0 Å². The standard InChI is InChI=1S/C14H9F3O3/c15-14(16,17)20-12-6-4-9(5-7-12)10-2-1-3-11(8-10)13(18)19/h1-8H,(H,18,19). The van der Waals surface area contributed by atoms with Crippen LogP contribution in [0.3, 0.4) is 0 Å². The molecule has 0 aliphatic rings. The van der Waals surface area contributed by atoms with Crippen LogP contribution in [0.4, 0.5) is 13.2 Å². The number of alkyl halides is 3. The zero-order chi connectivity index (χ0) is 14.8. The highest BCUT2D eigenvalue weighted by molar-refractivity contribution is 5.89. The largest absolute Gasteiger partial charge is 0.573 e. The summed E-state index contributed by atoms with van der Waals surface area (Å²) in [5.41, 5.74) is 1.31. The summed E-state index contributed by atoms with van der Waals surface area (Å²) in [6.45, 7) is 0. The monoisotopic (exact) mass is 282 g/mol. The third-order valence-corrected chi connectivity index (χ3v) is 2.53. The molecule has 0 aliphatic carbocycles. The van der Waals surface area contributed by atoms with E-state index in [9.17, 15) is 18.0 Å². The lowest BCUT2D eigenvalue weighted by Gasteiger charge is -2.09. The van der Waals surface area contributed by atoms with Gasteiger partial charge in [-0.1, -0.05) is 24.3 Å². The van der Waals surface area contributed by atoms with Gasteiger partial charge in [0.15, 0.2) is 0 Å². The molecule has 6 heteroatoms. The number of aromatic carboxylic acids is 1. The molecule has 104 valence electrons. The summed E-state index contributed by atoms with van der Waals surface area (Å²) >= 11 is 0. The summed E-state index contributed by atoms with van der Waals surface area (Å²) in [6, 6.07) is 11.3. The molecule has 0 fully saturated rings. The van der Waals surface area contributed by atoms with Crippen LogP contribution in [-0.2, 0) is 0 Å². The molecule has 0 aromatic heterocycles. The highest BCUT2D eigenvalue weighted by Gasteiger charge is 2.30. The summed E-state index contributed by atoms with van der Waals surface area (Å²) in [5, 5.41) is 8.88. The van der Waals surface area contributed by atoms with Crippen molar-refractivity contribution in [3.8, 4) is 16.9 Å². The van der Waals surface area contributed by atoms with Crippen LogP contribution in [0.15, 0.2) is 48.5 Å². The Kier molecular flexibility index (Phi) is 3.65. The van der Waals surface area contributed by atoms with Gasteiger partial charge in [-0.3, -0.25) is 0 Å². The summed E-state index contributed by atoms with van der Waals surface area (Å²) in [5.74, 6) is -1.39. The molecule has 3 nitrogen and oxygen atoms in total. The molecule has 0 amide bonds. The Balaban J connectivity index is 2.26. The Hall–Kier alpha value is -2.50. The minimum absolute atomic E-state index is 0.109. The van der Waals surface area contributed by atoms with Gasteiger partial charge in [-0.05, 0) is 35.4 Å². The molecular weight excluding hydrogens is 273 g/mol. The second kappa shape index (κ2) is 5.24. The second-order valence-electron chi connectivity index (χ2n) is 3.96. The first kappa shape index (κ1) is 13.9. The van der Waals surface area contributed by atoms with Crippen LogP contribution < -0.4 is 4.74 Å².